The second-order valence-electron chi connectivity index (χ2n) is 2.64. The first-order valence-corrected chi connectivity index (χ1v) is 4.05. The number of ether oxygens (including phenoxy) is 2. The number of hydrogen-bond donors (Lipinski definition) is 0. The first-order valence-electron chi connectivity index (χ1n) is 4.05. The second-order valence-corrected chi connectivity index (χ2v) is 2.64. The zero-order valence-electron chi connectivity index (χ0n) is 7.89. The lowest BCUT2D eigenvalue weighted by atomic mass is 10.2. The third-order valence-corrected chi connectivity index (χ3v) is 1.90. The van der Waals surface area contributed by atoms with Gasteiger partial charge in [0.2, 0.25) is 11.8 Å². The number of nitrogens with zero attached hydrogens (tertiary/aromatic N) is 3. The van der Waals surface area contributed by atoms with E-state index in [1.807, 2.05) is 6.07 Å². The Balaban J connectivity index is 2.78. The minimum atomic E-state index is 0.453. The van der Waals surface area contributed by atoms with Crippen LogP contribution in [0.15, 0.2) is 18.5 Å². The van der Waals surface area contributed by atoms with Crippen LogP contribution in [0.5, 0.6) is 11.8 Å². The summed E-state index contributed by atoms with van der Waals surface area (Å²) in [5, 5.41) is 9.37. The highest BCUT2D eigenvalue weighted by Crippen LogP contribution is 2.27. The maximum Gasteiger partial charge on any atom is 0.242 e. The molecule has 0 spiro atoms. The lowest BCUT2D eigenvalue weighted by molar-refractivity contribution is 0.375. The van der Waals surface area contributed by atoms with E-state index >= 15 is 0 Å². The highest BCUT2D eigenvalue weighted by Gasteiger charge is 2.08. The van der Waals surface area contributed by atoms with Gasteiger partial charge in [-0.1, -0.05) is 0 Å². The van der Waals surface area contributed by atoms with Gasteiger partial charge in [-0.2, -0.15) is 0 Å². The molecule has 2 aromatic heterocycles. The molecule has 0 atom stereocenters. The molecule has 0 aromatic carbocycles. The molecule has 0 aliphatic heterocycles. The third kappa shape index (κ3) is 1.22. The van der Waals surface area contributed by atoms with Crippen molar-refractivity contribution in [3.05, 3.63) is 18.5 Å². The van der Waals surface area contributed by atoms with Gasteiger partial charge in [-0.25, -0.2) is 0 Å². The summed E-state index contributed by atoms with van der Waals surface area (Å²) in [6, 6.07) is 1.81. The molecular weight excluding hydrogens is 182 g/mol. The molecule has 2 aromatic rings. The Morgan fingerprint density at radius 3 is 2.29 bits per heavy atom. The largest absolute Gasteiger partial charge is 0.479 e. The fourth-order valence-electron chi connectivity index (χ4n) is 1.25. The fraction of sp³-hybridized carbons (Fsp3) is 0.222. The normalized spacial score (nSPS) is 10.1. The summed E-state index contributed by atoms with van der Waals surface area (Å²) in [5.41, 5.74) is 0. The second kappa shape index (κ2) is 3.45. The third-order valence-electron chi connectivity index (χ3n) is 1.90. The summed E-state index contributed by atoms with van der Waals surface area (Å²) in [6.45, 7) is 0. The molecule has 14 heavy (non-hydrogen) atoms. The average Bonchev–Trinajstić information content (AvgIpc) is 2.27. The number of rotatable bonds is 2. The summed E-state index contributed by atoms with van der Waals surface area (Å²) < 4.78 is 10.1. The van der Waals surface area contributed by atoms with Crippen molar-refractivity contribution in [3.63, 3.8) is 0 Å². The van der Waals surface area contributed by atoms with E-state index in [0.717, 1.165) is 10.8 Å². The molecule has 0 aliphatic carbocycles. The number of methoxy groups -OCH3 is 2. The number of fused-ring (bicyclic) bond motifs is 1. The number of hydrogen-bond acceptors (Lipinski definition) is 5. The maximum atomic E-state index is 5.07. The molecule has 0 bridgehead atoms. The van der Waals surface area contributed by atoms with E-state index in [1.54, 1.807) is 26.6 Å². The van der Waals surface area contributed by atoms with Gasteiger partial charge in [-0.15, -0.1) is 10.2 Å². The van der Waals surface area contributed by atoms with Crippen molar-refractivity contribution in [2.45, 2.75) is 0 Å². The molecule has 2 heterocycles. The molecule has 0 unspecified atom stereocenters. The van der Waals surface area contributed by atoms with Crippen molar-refractivity contribution in [3.8, 4) is 11.8 Å². The molecule has 5 nitrogen and oxygen atoms in total. The fourth-order valence-corrected chi connectivity index (χ4v) is 1.25. The molecule has 0 saturated heterocycles. The zero-order chi connectivity index (χ0) is 9.97. The molecular formula is C9H9N3O2. The summed E-state index contributed by atoms with van der Waals surface area (Å²) >= 11 is 0. The van der Waals surface area contributed by atoms with Gasteiger partial charge in [0.15, 0.2) is 0 Å². The van der Waals surface area contributed by atoms with Crippen LogP contribution in [0.1, 0.15) is 0 Å². The quantitative estimate of drug-likeness (QED) is 0.709. The van der Waals surface area contributed by atoms with Crippen LogP contribution in [0, 0.1) is 0 Å². The number of aromatic nitrogens is 3. The van der Waals surface area contributed by atoms with Crippen molar-refractivity contribution in [1.82, 2.24) is 15.2 Å². The Morgan fingerprint density at radius 1 is 1.00 bits per heavy atom. The van der Waals surface area contributed by atoms with Gasteiger partial charge >= 0.3 is 0 Å². The molecule has 72 valence electrons. The molecule has 0 radical (unpaired) electrons. The average molecular weight is 191 g/mol. The molecule has 0 fully saturated rings. The monoisotopic (exact) mass is 191 g/mol. The molecule has 2 rings (SSSR count). The van der Waals surface area contributed by atoms with Crippen molar-refractivity contribution in [2.75, 3.05) is 14.2 Å². The molecule has 0 saturated carbocycles. The van der Waals surface area contributed by atoms with Crippen LogP contribution in [0.2, 0.25) is 0 Å². The first kappa shape index (κ1) is 8.68. The highest BCUT2D eigenvalue weighted by atomic mass is 16.5. The van der Waals surface area contributed by atoms with Gasteiger partial charge in [-0.3, -0.25) is 4.98 Å². The van der Waals surface area contributed by atoms with E-state index in [-0.39, 0.29) is 0 Å². The molecule has 0 aliphatic rings. The van der Waals surface area contributed by atoms with Gasteiger partial charge in [0.1, 0.15) is 0 Å². The van der Waals surface area contributed by atoms with Gasteiger partial charge in [0.05, 0.1) is 25.0 Å². The molecule has 0 N–H and O–H groups in total. The van der Waals surface area contributed by atoms with Crippen LogP contribution in [0.25, 0.3) is 10.8 Å². The molecule has 0 amide bonds. The van der Waals surface area contributed by atoms with Gasteiger partial charge in [0, 0.05) is 12.4 Å². The summed E-state index contributed by atoms with van der Waals surface area (Å²) in [7, 11) is 3.10. The lowest BCUT2D eigenvalue weighted by Gasteiger charge is -2.05. The van der Waals surface area contributed by atoms with Crippen LogP contribution in [-0.2, 0) is 0 Å². The summed E-state index contributed by atoms with van der Waals surface area (Å²) in [5.74, 6) is 0.928. The number of pyridine rings is 1. The van der Waals surface area contributed by atoms with E-state index in [2.05, 4.69) is 15.2 Å². The smallest absolute Gasteiger partial charge is 0.242 e. The van der Waals surface area contributed by atoms with Gasteiger partial charge < -0.3 is 9.47 Å². The Kier molecular flexibility index (Phi) is 2.14. The molecule has 5 heteroatoms. The maximum absolute atomic E-state index is 5.07. The summed E-state index contributed by atoms with van der Waals surface area (Å²) in [6.07, 6.45) is 3.34. The SMILES string of the molecule is COc1nnc(OC)c2cnccc12. The van der Waals surface area contributed by atoms with Crippen LogP contribution in [0.3, 0.4) is 0 Å². The van der Waals surface area contributed by atoms with E-state index in [0.29, 0.717) is 11.8 Å². The predicted molar refractivity (Wildman–Crippen MR) is 50.4 cm³/mol. The van der Waals surface area contributed by atoms with E-state index in [1.165, 1.54) is 0 Å². The Bertz CT molecular complexity index is 416. The Hall–Kier alpha value is -1.91. The van der Waals surface area contributed by atoms with Crippen LogP contribution < -0.4 is 9.47 Å². The van der Waals surface area contributed by atoms with E-state index < -0.39 is 0 Å². The van der Waals surface area contributed by atoms with Crippen molar-refractivity contribution in [1.29, 1.82) is 0 Å². The van der Waals surface area contributed by atoms with Crippen LogP contribution >= 0.6 is 0 Å². The minimum absolute atomic E-state index is 0.453. The Morgan fingerprint density at radius 2 is 1.64 bits per heavy atom. The van der Waals surface area contributed by atoms with Gasteiger partial charge in [0.25, 0.3) is 0 Å². The minimum Gasteiger partial charge on any atom is -0.479 e. The topological polar surface area (TPSA) is 57.1 Å². The standard InChI is InChI=1S/C9H9N3O2/c1-13-8-6-3-4-10-5-7(6)9(14-2)12-11-8/h3-5H,1-2H3. The zero-order valence-corrected chi connectivity index (χ0v) is 7.89. The van der Waals surface area contributed by atoms with Crippen LogP contribution in [-0.4, -0.2) is 29.4 Å². The summed E-state index contributed by atoms with van der Waals surface area (Å²) in [4.78, 5) is 3.99. The van der Waals surface area contributed by atoms with E-state index in [4.69, 9.17) is 9.47 Å². The van der Waals surface area contributed by atoms with E-state index in [9.17, 15) is 0 Å². The lowest BCUT2D eigenvalue weighted by Crippen LogP contribution is -1.96. The van der Waals surface area contributed by atoms with Gasteiger partial charge in [-0.05, 0) is 6.07 Å². The highest BCUT2D eigenvalue weighted by molar-refractivity contribution is 5.89. The predicted octanol–water partition coefficient (Wildman–Crippen LogP) is 1.04. The van der Waals surface area contributed by atoms with Crippen LogP contribution in [0.4, 0.5) is 0 Å². The first-order chi connectivity index (χ1) is 6.86. The van der Waals surface area contributed by atoms with Crippen molar-refractivity contribution >= 4 is 10.8 Å². The Labute approximate surface area is 80.7 Å². The van der Waals surface area contributed by atoms with Crippen molar-refractivity contribution < 1.29 is 9.47 Å². The van der Waals surface area contributed by atoms with Crippen molar-refractivity contribution in [2.24, 2.45) is 0 Å².